The molecule has 9 nitrogen and oxygen atoms in total. The summed E-state index contributed by atoms with van der Waals surface area (Å²) in [7, 11) is 0. The number of rotatable bonds is 10. The molecule has 3 rings (SSSR count). The highest BCUT2D eigenvalue weighted by Gasteiger charge is 2.47. The summed E-state index contributed by atoms with van der Waals surface area (Å²) in [5.41, 5.74) is 0.765. The first-order chi connectivity index (χ1) is 20.0. The van der Waals surface area contributed by atoms with Crippen molar-refractivity contribution in [1.29, 1.82) is 0 Å². The third-order valence-corrected chi connectivity index (χ3v) is 7.09. The number of carbonyl (C=O) groups excluding carboxylic acids is 3. The van der Waals surface area contributed by atoms with Crippen LogP contribution in [0.25, 0.3) is 0 Å². The first-order valence-corrected chi connectivity index (χ1v) is 14.9. The van der Waals surface area contributed by atoms with Crippen LogP contribution in [-0.4, -0.2) is 57.2 Å². The van der Waals surface area contributed by atoms with Gasteiger partial charge >= 0.3 is 18.0 Å². The Labute approximate surface area is 254 Å². The van der Waals surface area contributed by atoms with Crippen molar-refractivity contribution in [3.8, 4) is 0 Å². The van der Waals surface area contributed by atoms with Crippen molar-refractivity contribution >= 4 is 23.9 Å². The number of aliphatic carboxylic acids is 1. The molecule has 1 aliphatic carbocycles. The number of nitrogens with zero attached hydrogens (tertiary/aromatic N) is 1. The molecule has 0 aliphatic heterocycles. The highest BCUT2D eigenvalue weighted by molar-refractivity contribution is 5.94. The minimum Gasteiger partial charge on any atom is -0.480 e. The summed E-state index contributed by atoms with van der Waals surface area (Å²) in [5.74, 6) is -3.22. The van der Waals surface area contributed by atoms with Crippen molar-refractivity contribution in [2.75, 3.05) is 0 Å². The van der Waals surface area contributed by atoms with E-state index in [4.69, 9.17) is 9.47 Å². The largest absolute Gasteiger partial charge is 0.480 e. The molecule has 0 fully saturated rings. The third kappa shape index (κ3) is 9.30. The van der Waals surface area contributed by atoms with Gasteiger partial charge in [0, 0.05) is 0 Å². The molecule has 0 unspecified atom stereocenters. The highest BCUT2D eigenvalue weighted by Crippen LogP contribution is 2.34. The number of fused-ring (bicyclic) bond motifs is 1. The Morgan fingerprint density at radius 3 is 1.84 bits per heavy atom. The highest BCUT2D eigenvalue weighted by atomic mass is 16.6. The van der Waals surface area contributed by atoms with Crippen LogP contribution in [0.2, 0.25) is 0 Å². The number of carboxylic acid groups (broad SMARTS) is 1. The van der Waals surface area contributed by atoms with Crippen LogP contribution in [0.4, 0.5) is 4.79 Å². The summed E-state index contributed by atoms with van der Waals surface area (Å²) < 4.78 is 11.3. The van der Waals surface area contributed by atoms with Crippen LogP contribution in [0, 0.1) is 11.8 Å². The number of amides is 2. The van der Waals surface area contributed by atoms with Gasteiger partial charge in [-0.25, -0.2) is 14.4 Å². The van der Waals surface area contributed by atoms with E-state index in [1.165, 1.54) is 0 Å². The molecule has 0 bridgehead atoms. The number of carbonyl (C=O) groups is 4. The molecule has 0 spiro atoms. The smallest absolute Gasteiger partial charge is 0.408 e. The average molecular weight is 595 g/mol. The van der Waals surface area contributed by atoms with E-state index in [-0.39, 0.29) is 12.3 Å². The van der Waals surface area contributed by atoms with Gasteiger partial charge in [0.15, 0.2) is 6.04 Å². The SMILES string of the molecule is CC(C)C[C@H](C(=O)O)N(C(=O)[C@H](NC(=O)OC(C)(C)C)C1Cc2ccccc2C1)[C@@H](C(=O)OC(C)(C)C)c1ccccc1. The molecule has 234 valence electrons. The maximum Gasteiger partial charge on any atom is 0.408 e. The second-order valence-electron chi connectivity index (χ2n) is 13.6. The number of nitrogens with one attached hydrogen (secondary N) is 1. The van der Waals surface area contributed by atoms with Crippen LogP contribution < -0.4 is 5.32 Å². The summed E-state index contributed by atoms with van der Waals surface area (Å²) in [6, 6.07) is 12.4. The molecule has 2 amide bonds. The van der Waals surface area contributed by atoms with Crippen LogP contribution in [0.15, 0.2) is 54.6 Å². The summed E-state index contributed by atoms with van der Waals surface area (Å²) in [4.78, 5) is 56.0. The predicted molar refractivity (Wildman–Crippen MR) is 163 cm³/mol. The van der Waals surface area contributed by atoms with Crippen molar-refractivity contribution in [1.82, 2.24) is 10.2 Å². The molecule has 0 aromatic heterocycles. The Kier molecular flexibility index (Phi) is 10.6. The molecule has 0 saturated heterocycles. The van der Waals surface area contributed by atoms with Crippen LogP contribution in [0.5, 0.6) is 0 Å². The Balaban J connectivity index is 2.19. The first kappa shape index (κ1) is 33.6. The molecular weight excluding hydrogens is 548 g/mol. The number of benzene rings is 2. The molecule has 1 aliphatic rings. The maximum absolute atomic E-state index is 14.9. The van der Waals surface area contributed by atoms with Crippen molar-refractivity contribution < 1.29 is 33.8 Å². The van der Waals surface area contributed by atoms with Gasteiger partial charge < -0.3 is 24.8 Å². The van der Waals surface area contributed by atoms with E-state index in [9.17, 15) is 24.3 Å². The van der Waals surface area contributed by atoms with Gasteiger partial charge in [-0.05, 0) is 89.3 Å². The average Bonchev–Trinajstić information content (AvgIpc) is 3.31. The fourth-order valence-electron chi connectivity index (χ4n) is 5.45. The summed E-state index contributed by atoms with van der Waals surface area (Å²) in [6.07, 6.45) is 0.254. The molecule has 0 saturated carbocycles. The second kappa shape index (κ2) is 13.6. The molecule has 0 radical (unpaired) electrons. The molecular formula is C34H46N2O7. The van der Waals surface area contributed by atoms with E-state index in [2.05, 4.69) is 5.32 Å². The molecule has 2 aromatic carbocycles. The van der Waals surface area contributed by atoms with Crippen LogP contribution in [0.3, 0.4) is 0 Å². The van der Waals surface area contributed by atoms with Crippen LogP contribution >= 0.6 is 0 Å². The molecule has 43 heavy (non-hydrogen) atoms. The second-order valence-corrected chi connectivity index (χ2v) is 13.6. The van der Waals surface area contributed by atoms with Gasteiger partial charge in [-0.2, -0.15) is 0 Å². The van der Waals surface area contributed by atoms with Gasteiger partial charge in [0.25, 0.3) is 0 Å². The first-order valence-electron chi connectivity index (χ1n) is 14.9. The number of hydrogen-bond acceptors (Lipinski definition) is 6. The lowest BCUT2D eigenvalue weighted by Gasteiger charge is -2.40. The maximum atomic E-state index is 14.9. The zero-order chi connectivity index (χ0) is 32.1. The van der Waals surface area contributed by atoms with E-state index >= 15 is 0 Å². The van der Waals surface area contributed by atoms with E-state index in [0.29, 0.717) is 18.4 Å². The topological polar surface area (TPSA) is 122 Å². The third-order valence-electron chi connectivity index (χ3n) is 7.09. The lowest BCUT2D eigenvalue weighted by molar-refractivity contribution is -0.171. The zero-order valence-electron chi connectivity index (χ0n) is 26.5. The Morgan fingerprint density at radius 2 is 1.37 bits per heavy atom. The summed E-state index contributed by atoms with van der Waals surface area (Å²) in [6.45, 7) is 14.0. The number of esters is 1. The van der Waals surface area contributed by atoms with Gasteiger partial charge in [-0.15, -0.1) is 0 Å². The van der Waals surface area contributed by atoms with Crippen LogP contribution in [-0.2, 0) is 36.7 Å². The molecule has 3 atom stereocenters. The number of carboxylic acids is 1. The Bertz CT molecular complexity index is 1270. The van der Waals surface area contributed by atoms with Gasteiger partial charge in [-0.3, -0.25) is 4.79 Å². The Morgan fingerprint density at radius 1 is 0.860 bits per heavy atom. The molecule has 2 aromatic rings. The van der Waals surface area contributed by atoms with Gasteiger partial charge in [0.2, 0.25) is 5.91 Å². The monoisotopic (exact) mass is 594 g/mol. The Hall–Kier alpha value is -3.88. The quantitative estimate of drug-likeness (QED) is 0.338. The van der Waals surface area contributed by atoms with E-state index < -0.39 is 59.2 Å². The van der Waals surface area contributed by atoms with Crippen molar-refractivity contribution in [3.05, 3.63) is 71.3 Å². The molecule has 9 heteroatoms. The normalized spacial score (nSPS) is 15.7. The van der Waals surface area contributed by atoms with E-state index in [1.807, 2.05) is 38.1 Å². The zero-order valence-corrected chi connectivity index (χ0v) is 26.5. The fourth-order valence-corrected chi connectivity index (χ4v) is 5.45. The van der Waals surface area contributed by atoms with E-state index in [1.54, 1.807) is 71.9 Å². The van der Waals surface area contributed by atoms with Gasteiger partial charge in [0.05, 0.1) is 0 Å². The lowest BCUT2D eigenvalue weighted by atomic mass is 9.91. The standard InChI is InChI=1S/C34H46N2O7/c1-21(2)18-26(30(38)39)36(28(22-14-10-9-11-15-22)31(40)42-33(3,4)5)29(37)27(35-32(41)43-34(6,7)8)25-19-23-16-12-13-17-24(23)20-25/h9-17,21,25-28H,18-20H2,1-8H3,(H,35,41)(H,38,39)/t26-,27-,28-/m1/s1. The summed E-state index contributed by atoms with van der Waals surface area (Å²) >= 11 is 0. The van der Waals surface area contributed by atoms with Crippen LogP contribution in [0.1, 0.15) is 84.5 Å². The minimum absolute atomic E-state index is 0.0806. The fraction of sp³-hybridized carbons (Fsp3) is 0.529. The predicted octanol–water partition coefficient (Wildman–Crippen LogP) is 5.71. The van der Waals surface area contributed by atoms with Crippen molar-refractivity contribution in [2.45, 2.75) is 104 Å². The van der Waals surface area contributed by atoms with Gasteiger partial charge in [-0.1, -0.05) is 68.4 Å². The number of hydrogen-bond donors (Lipinski definition) is 2. The minimum atomic E-state index is -1.38. The number of ether oxygens (including phenoxy) is 2. The van der Waals surface area contributed by atoms with Crippen molar-refractivity contribution in [3.63, 3.8) is 0 Å². The van der Waals surface area contributed by atoms with Crippen molar-refractivity contribution in [2.24, 2.45) is 11.8 Å². The van der Waals surface area contributed by atoms with Gasteiger partial charge in [0.1, 0.15) is 23.3 Å². The summed E-state index contributed by atoms with van der Waals surface area (Å²) in [5, 5.41) is 13.3. The van der Waals surface area contributed by atoms with E-state index in [0.717, 1.165) is 16.0 Å². The number of alkyl carbamates (subject to hydrolysis) is 1. The molecule has 2 N–H and O–H groups in total. The lowest BCUT2D eigenvalue weighted by Crippen LogP contribution is -2.59. The molecule has 0 heterocycles.